The molecule has 0 bridgehead atoms. The molecule has 0 N–H and O–H groups in total. The molecule has 0 aliphatic carbocycles. The molecule has 1 aliphatic heterocycles. The lowest BCUT2D eigenvalue weighted by Crippen LogP contribution is -2.30. The van der Waals surface area contributed by atoms with E-state index in [1.54, 1.807) is 11.3 Å². The van der Waals surface area contributed by atoms with Crippen molar-refractivity contribution in [2.24, 2.45) is 0 Å². The molecule has 0 unspecified atom stereocenters. The average Bonchev–Trinajstić information content (AvgIpc) is 3.18. The van der Waals surface area contributed by atoms with Gasteiger partial charge in [-0.3, -0.25) is 4.90 Å². The number of hydrogen-bond acceptors (Lipinski definition) is 5. The maximum Gasteiger partial charge on any atom is 0.169 e. The highest BCUT2D eigenvalue weighted by Gasteiger charge is 2.19. The molecule has 5 heteroatoms. The van der Waals surface area contributed by atoms with E-state index in [0.29, 0.717) is 0 Å². The Labute approximate surface area is 138 Å². The molecule has 112 valence electrons. The zero-order chi connectivity index (χ0) is 14.9. The van der Waals surface area contributed by atoms with Crippen LogP contribution in [0.2, 0.25) is 0 Å². The van der Waals surface area contributed by atoms with E-state index < -0.39 is 0 Å². The largest absolute Gasteiger partial charge is 0.292 e. The van der Waals surface area contributed by atoms with E-state index in [1.165, 1.54) is 21.7 Å². The third kappa shape index (κ3) is 2.84. The van der Waals surface area contributed by atoms with E-state index in [1.807, 2.05) is 23.6 Å². The van der Waals surface area contributed by atoms with Crippen LogP contribution in [-0.2, 0) is 19.5 Å². The summed E-state index contributed by atoms with van der Waals surface area (Å²) in [7, 11) is 0. The van der Waals surface area contributed by atoms with Crippen molar-refractivity contribution in [3.05, 3.63) is 56.9 Å². The first kappa shape index (κ1) is 14.1. The van der Waals surface area contributed by atoms with Crippen LogP contribution in [-0.4, -0.2) is 21.4 Å². The fraction of sp³-hybridized carbons (Fsp3) is 0.294. The first-order valence-electron chi connectivity index (χ1n) is 7.43. The van der Waals surface area contributed by atoms with Crippen molar-refractivity contribution < 1.29 is 0 Å². The normalized spacial score (nSPS) is 15.0. The van der Waals surface area contributed by atoms with Crippen LogP contribution in [0.25, 0.3) is 10.7 Å². The summed E-state index contributed by atoms with van der Waals surface area (Å²) in [4.78, 5) is 14.4. The van der Waals surface area contributed by atoms with Crippen molar-refractivity contribution in [2.75, 3.05) is 6.54 Å². The summed E-state index contributed by atoms with van der Waals surface area (Å²) < 4.78 is 0. The molecule has 0 saturated carbocycles. The summed E-state index contributed by atoms with van der Waals surface area (Å²) in [5, 5.41) is 4.30. The van der Waals surface area contributed by atoms with Gasteiger partial charge in [0.15, 0.2) is 5.82 Å². The zero-order valence-corrected chi connectivity index (χ0v) is 14.1. The summed E-state index contributed by atoms with van der Waals surface area (Å²) in [6.45, 7) is 5.20. The number of hydrogen-bond donors (Lipinski definition) is 0. The molecule has 3 aromatic rings. The fourth-order valence-corrected chi connectivity index (χ4v) is 4.39. The first-order valence-corrected chi connectivity index (χ1v) is 9.19. The zero-order valence-electron chi connectivity index (χ0n) is 12.5. The van der Waals surface area contributed by atoms with E-state index in [0.717, 1.165) is 36.8 Å². The number of nitrogens with zero attached hydrogens (tertiary/aromatic N) is 3. The van der Waals surface area contributed by atoms with Gasteiger partial charge in [0.2, 0.25) is 0 Å². The van der Waals surface area contributed by atoms with Crippen LogP contribution >= 0.6 is 22.7 Å². The predicted octanol–water partition coefficient (Wildman–Crippen LogP) is 4.13. The Hall–Kier alpha value is -1.56. The number of aryl methyl sites for hydroxylation is 1. The molecule has 22 heavy (non-hydrogen) atoms. The van der Waals surface area contributed by atoms with Gasteiger partial charge in [-0.1, -0.05) is 6.07 Å². The van der Waals surface area contributed by atoms with E-state index in [-0.39, 0.29) is 0 Å². The minimum atomic E-state index is 0.863. The summed E-state index contributed by atoms with van der Waals surface area (Å²) in [6, 6.07) is 6.42. The number of fused-ring (bicyclic) bond motifs is 1. The molecule has 0 saturated heterocycles. The monoisotopic (exact) mass is 327 g/mol. The van der Waals surface area contributed by atoms with Crippen molar-refractivity contribution in [3.8, 4) is 10.7 Å². The topological polar surface area (TPSA) is 29.0 Å². The van der Waals surface area contributed by atoms with Crippen LogP contribution in [0.1, 0.15) is 21.7 Å². The van der Waals surface area contributed by atoms with Crippen molar-refractivity contribution in [3.63, 3.8) is 0 Å². The predicted molar refractivity (Wildman–Crippen MR) is 92.2 cm³/mol. The molecule has 0 atom stereocenters. The van der Waals surface area contributed by atoms with Gasteiger partial charge in [-0.15, -0.1) is 22.7 Å². The van der Waals surface area contributed by atoms with Gasteiger partial charge in [-0.05, 0) is 47.4 Å². The fourth-order valence-electron chi connectivity index (χ4n) is 2.81. The standard InChI is InChI=1S/C17H17N3S2/c1-12-7-14(22-11-12)9-20-5-4-13-8-18-17(19-15(13)10-20)16-3-2-6-21-16/h2-3,6-8,11H,4-5,9-10H2,1H3. The SMILES string of the molecule is Cc1csc(CN2CCc3cnc(-c4cccs4)nc3C2)c1. The lowest BCUT2D eigenvalue weighted by atomic mass is 10.1. The minimum Gasteiger partial charge on any atom is -0.292 e. The van der Waals surface area contributed by atoms with E-state index in [9.17, 15) is 0 Å². The molecule has 0 spiro atoms. The molecule has 0 fully saturated rings. The Kier molecular flexibility index (Phi) is 3.78. The lowest BCUT2D eigenvalue weighted by molar-refractivity contribution is 0.243. The summed E-state index contributed by atoms with van der Waals surface area (Å²) in [5.41, 5.74) is 3.86. The van der Waals surface area contributed by atoms with Gasteiger partial charge in [0.1, 0.15) is 0 Å². The molecule has 4 rings (SSSR count). The Morgan fingerprint density at radius 2 is 2.27 bits per heavy atom. The lowest BCUT2D eigenvalue weighted by Gasteiger charge is -2.27. The third-order valence-corrected chi connectivity index (χ3v) is 5.84. The second-order valence-electron chi connectivity index (χ2n) is 5.69. The van der Waals surface area contributed by atoms with Crippen LogP contribution in [0.4, 0.5) is 0 Å². The van der Waals surface area contributed by atoms with Crippen LogP contribution in [0.15, 0.2) is 35.2 Å². The maximum absolute atomic E-state index is 4.81. The summed E-state index contributed by atoms with van der Waals surface area (Å²) in [6.07, 6.45) is 3.06. The van der Waals surface area contributed by atoms with Gasteiger partial charge in [-0.25, -0.2) is 9.97 Å². The quantitative estimate of drug-likeness (QED) is 0.724. The van der Waals surface area contributed by atoms with Crippen LogP contribution < -0.4 is 0 Å². The Balaban J connectivity index is 1.55. The van der Waals surface area contributed by atoms with Crippen LogP contribution in [0.3, 0.4) is 0 Å². The average molecular weight is 327 g/mol. The molecule has 0 aromatic carbocycles. The van der Waals surface area contributed by atoms with Crippen molar-refractivity contribution in [1.82, 2.24) is 14.9 Å². The Morgan fingerprint density at radius 1 is 1.32 bits per heavy atom. The molecular weight excluding hydrogens is 310 g/mol. The van der Waals surface area contributed by atoms with Gasteiger partial charge in [0.05, 0.1) is 10.6 Å². The molecule has 0 radical (unpaired) electrons. The third-order valence-electron chi connectivity index (χ3n) is 3.93. The van der Waals surface area contributed by atoms with Gasteiger partial charge < -0.3 is 0 Å². The van der Waals surface area contributed by atoms with Gasteiger partial charge in [0, 0.05) is 30.7 Å². The van der Waals surface area contributed by atoms with Gasteiger partial charge in [-0.2, -0.15) is 0 Å². The Bertz CT molecular complexity index is 777. The number of thiophene rings is 2. The second-order valence-corrected chi connectivity index (χ2v) is 7.64. The number of rotatable bonds is 3. The maximum atomic E-state index is 4.81. The number of aromatic nitrogens is 2. The first-order chi connectivity index (χ1) is 10.8. The molecule has 3 nitrogen and oxygen atoms in total. The highest BCUT2D eigenvalue weighted by Crippen LogP contribution is 2.25. The molecule has 1 aliphatic rings. The molecule has 0 amide bonds. The van der Waals surface area contributed by atoms with Crippen LogP contribution in [0, 0.1) is 6.92 Å². The minimum absolute atomic E-state index is 0.863. The van der Waals surface area contributed by atoms with Gasteiger partial charge >= 0.3 is 0 Å². The Morgan fingerprint density at radius 3 is 3.05 bits per heavy atom. The van der Waals surface area contributed by atoms with Crippen molar-refractivity contribution in [1.29, 1.82) is 0 Å². The highest BCUT2D eigenvalue weighted by molar-refractivity contribution is 7.13. The van der Waals surface area contributed by atoms with Crippen molar-refractivity contribution >= 4 is 22.7 Å². The van der Waals surface area contributed by atoms with Crippen LogP contribution in [0.5, 0.6) is 0 Å². The van der Waals surface area contributed by atoms with Gasteiger partial charge in [0.25, 0.3) is 0 Å². The highest BCUT2D eigenvalue weighted by atomic mass is 32.1. The summed E-state index contributed by atoms with van der Waals surface area (Å²) in [5.74, 6) is 0.863. The molecule has 3 aromatic heterocycles. The van der Waals surface area contributed by atoms with E-state index in [2.05, 4.69) is 39.7 Å². The van der Waals surface area contributed by atoms with E-state index >= 15 is 0 Å². The second kappa shape index (κ2) is 5.91. The van der Waals surface area contributed by atoms with E-state index in [4.69, 9.17) is 4.98 Å². The summed E-state index contributed by atoms with van der Waals surface area (Å²) >= 11 is 3.55. The van der Waals surface area contributed by atoms with Crippen molar-refractivity contribution in [2.45, 2.75) is 26.4 Å². The molecular formula is C17H17N3S2. The smallest absolute Gasteiger partial charge is 0.169 e. The molecule has 4 heterocycles.